The molecular weight excluding hydrogens is 1620 g/mol. The molecule has 124 heavy (non-hydrogen) atoms. The molecule has 7 aliphatic heterocycles. The number of aryl methyl sites for hydroxylation is 1. The number of alkyl carbamates (subject to hydrolysis) is 1. The average molecular weight is 1730 g/mol. The highest BCUT2D eigenvalue weighted by molar-refractivity contribution is 6.32. The molecule has 0 radical (unpaired) electrons. The van der Waals surface area contributed by atoms with Crippen LogP contribution in [0.25, 0.3) is 11.1 Å². The van der Waals surface area contributed by atoms with E-state index in [4.69, 9.17) is 44.8 Å². The van der Waals surface area contributed by atoms with Crippen molar-refractivity contribution >= 4 is 65.0 Å². The molecule has 19 atom stereocenters. The van der Waals surface area contributed by atoms with E-state index in [-0.39, 0.29) is 156 Å². The Morgan fingerprint density at radius 3 is 2.16 bits per heavy atom. The van der Waals surface area contributed by atoms with Crippen LogP contribution in [-0.4, -0.2) is 185 Å². The second-order valence-corrected chi connectivity index (χ2v) is 34.7. The molecule has 7 heterocycles. The SMILES string of the molecule is CCNCCOc1cc(OCCC=C(C)CC)cc(C(=O)NC(=O)CC2NC(=O)C(NC(=O)C(CC(C)C)NC)C(O)c3ccc(c(C)c3)Oc3cc4cc(c3OC3OC5CNC(=O)OC5C(C)C3O)Oc3ccc(cc3Cl)C(O)C3NC(=O)C(NCC4NC2=O)c2ccc4c(c2)-c2c(cc(O)cc2C4(O)O)C(C(=O)NC2C4CC5CC(C4)C2C5)NC3=O)c1. The number of likely N-dealkylation sites (N-methyl/N-ethyl adjacent to an activating group) is 2. The van der Waals surface area contributed by atoms with Crippen LogP contribution in [0.4, 0.5) is 4.79 Å². The molecule has 17 N–H and O–H groups in total. The fraction of sp³-hybridized carbons (Fsp3) is 0.478. The number of ether oxygens (including phenoxy) is 7. The van der Waals surface area contributed by atoms with Crippen LogP contribution in [0.5, 0.6) is 46.0 Å². The third kappa shape index (κ3) is 18.3. The zero-order valence-corrected chi connectivity index (χ0v) is 70.6. The number of amides is 9. The highest BCUT2D eigenvalue weighted by Gasteiger charge is 2.56. The van der Waals surface area contributed by atoms with Gasteiger partial charge in [-0.3, -0.25) is 49.0 Å². The van der Waals surface area contributed by atoms with Gasteiger partial charge >= 0.3 is 6.09 Å². The molecule has 19 unspecified atom stereocenters. The Hall–Kier alpha value is -11.0. The predicted molar refractivity (Wildman–Crippen MR) is 447 cm³/mol. The molecule has 15 bridgehead atoms. The lowest BCUT2D eigenvalue weighted by Gasteiger charge is -2.44. The van der Waals surface area contributed by atoms with Gasteiger partial charge in [-0.1, -0.05) is 82.1 Å². The smallest absolute Gasteiger partial charge is 0.407 e. The van der Waals surface area contributed by atoms with Crippen molar-refractivity contribution in [3.05, 3.63) is 164 Å². The highest BCUT2D eigenvalue weighted by Crippen LogP contribution is 2.59. The fourth-order valence-corrected chi connectivity index (χ4v) is 19.1. The van der Waals surface area contributed by atoms with E-state index in [2.05, 4.69) is 58.5 Å². The van der Waals surface area contributed by atoms with E-state index in [0.717, 1.165) is 43.7 Å². The van der Waals surface area contributed by atoms with E-state index < -0.39 is 163 Å². The van der Waals surface area contributed by atoms with Gasteiger partial charge in [0.25, 0.3) is 5.91 Å². The molecule has 6 fully saturated rings. The Bertz CT molecular complexity index is 5200. The van der Waals surface area contributed by atoms with Crippen LogP contribution in [-0.2, 0) is 48.8 Å². The monoisotopic (exact) mass is 1730 g/mol. The number of fused-ring (bicyclic) bond motifs is 13. The lowest BCUT2D eigenvalue weighted by atomic mass is 9.79. The Morgan fingerprint density at radius 1 is 0.734 bits per heavy atom. The van der Waals surface area contributed by atoms with Crippen molar-refractivity contribution in [1.82, 2.24) is 58.5 Å². The maximum absolute atomic E-state index is 16.3. The number of benzene rings is 6. The average Bonchev–Trinajstić information content (AvgIpc) is 1.56. The lowest BCUT2D eigenvalue weighted by Crippen LogP contribution is -2.62. The first-order chi connectivity index (χ1) is 59.3. The van der Waals surface area contributed by atoms with Gasteiger partial charge in [-0.2, -0.15) is 0 Å². The molecule has 660 valence electrons. The molecule has 6 aromatic carbocycles. The minimum absolute atomic E-state index is 0.00450. The van der Waals surface area contributed by atoms with Gasteiger partial charge in [0.2, 0.25) is 59.2 Å². The van der Waals surface area contributed by atoms with Gasteiger partial charge in [-0.05, 0) is 213 Å². The van der Waals surface area contributed by atoms with Crippen molar-refractivity contribution in [2.75, 3.05) is 46.4 Å². The van der Waals surface area contributed by atoms with E-state index in [1.165, 1.54) is 92.0 Å². The Labute approximate surface area is 720 Å². The van der Waals surface area contributed by atoms with E-state index in [1.54, 1.807) is 19.9 Å². The van der Waals surface area contributed by atoms with Gasteiger partial charge in [0.05, 0.1) is 36.7 Å². The first-order valence-corrected chi connectivity index (χ1v) is 42.8. The number of hydrogen-bond acceptors (Lipinski definition) is 25. The standard InChI is InChI=1S/C90H106ClN11O22/c1-9-41(5)12-11-20-118-53-28-51(29-54(36-53)119-21-19-93-10-2)81(108)98-69(104)37-62-83(110)97-63-38-94-72-45-13-16-58-56(30-45)70-57(34-52(103)35-59(70)90(58,116)117)73(85(112)99-71-50-25-44-24-48(27-50)55(71)26-44)100-87(114)75(102-84(72)111)78(107)47-15-18-65(60(91)31-47)121-67-33-49(63)32-66(80(67)123-88-76(105)43(7)79-68(122-88)39-95-89(115)124-79)120-64-17-14-46(23-42(64)6)77(106)74(86(113)96-62)101-82(109)61(92-8)22-40(3)4/h12-18,23,28-36,40,43-44,48,50,55,61-63,68,71-79,88,92-94,103,105-107,116-117H,9-11,19-22,24-27,37-39H2,1-8H3,(H,95,115)(H,96,113)(H,97,110)(H,99,112)(H,100,114)(H,101,109)(H,102,111)(H,98,104,108). The van der Waals surface area contributed by atoms with Crippen LogP contribution in [0.1, 0.15) is 178 Å². The number of allylic oxidation sites excluding steroid dienone is 1. The topological polar surface area (TPSA) is 472 Å². The van der Waals surface area contributed by atoms with Crippen molar-refractivity contribution in [3.63, 3.8) is 0 Å². The molecule has 33 nitrogen and oxygen atoms in total. The summed E-state index contributed by atoms with van der Waals surface area (Å²) in [5.41, 5.74) is 0.761. The molecule has 18 rings (SSSR count). The summed E-state index contributed by atoms with van der Waals surface area (Å²) in [5.74, 6) is -12.0. The number of aliphatic hydroxyl groups is 5. The molecule has 0 aromatic heterocycles. The summed E-state index contributed by atoms with van der Waals surface area (Å²) in [4.78, 5) is 137. The van der Waals surface area contributed by atoms with Gasteiger partial charge in [-0.15, -0.1) is 0 Å². The second-order valence-electron chi connectivity index (χ2n) is 34.2. The quantitative estimate of drug-likeness (QED) is 0.0205. The van der Waals surface area contributed by atoms with Gasteiger partial charge in [0.15, 0.2) is 11.5 Å². The number of imide groups is 1. The Morgan fingerprint density at radius 2 is 1.45 bits per heavy atom. The fourth-order valence-electron chi connectivity index (χ4n) is 18.9. The summed E-state index contributed by atoms with van der Waals surface area (Å²) in [6, 6.07) is 9.38. The zero-order chi connectivity index (χ0) is 88.0. The predicted octanol–water partition coefficient (Wildman–Crippen LogP) is 6.17. The lowest BCUT2D eigenvalue weighted by molar-refractivity contribution is -0.258. The summed E-state index contributed by atoms with van der Waals surface area (Å²) in [6.45, 7) is 13.7. The molecule has 34 heteroatoms. The van der Waals surface area contributed by atoms with E-state index in [9.17, 15) is 45.0 Å². The van der Waals surface area contributed by atoms with Crippen LogP contribution >= 0.6 is 11.6 Å². The van der Waals surface area contributed by atoms with Gasteiger partial charge in [0, 0.05) is 47.8 Å². The van der Waals surface area contributed by atoms with Crippen molar-refractivity contribution in [3.8, 4) is 57.1 Å². The maximum Gasteiger partial charge on any atom is 0.407 e. The van der Waals surface area contributed by atoms with E-state index in [0.29, 0.717) is 31.3 Å². The maximum atomic E-state index is 16.3. The number of rotatable bonds is 22. The third-order valence-corrected chi connectivity index (χ3v) is 25.7. The van der Waals surface area contributed by atoms with Crippen LogP contribution in [0.2, 0.25) is 5.02 Å². The highest BCUT2D eigenvalue weighted by atomic mass is 35.5. The van der Waals surface area contributed by atoms with Gasteiger partial charge < -0.3 is 112 Å². The summed E-state index contributed by atoms with van der Waals surface area (Å²) >= 11 is 7.33. The number of aliphatic hydroxyl groups excluding tert-OH is 3. The molecule has 6 aromatic rings. The molecular formula is C90H106ClN11O22. The number of hydrogen-bond donors (Lipinski definition) is 17. The molecule has 9 amide bonds. The number of phenols is 1. The number of phenolic OH excluding ortho intramolecular Hbond substituents is 1. The third-order valence-electron chi connectivity index (χ3n) is 25.4. The molecule has 0 spiro atoms. The van der Waals surface area contributed by atoms with Gasteiger partial charge in [0.1, 0.15) is 96.1 Å². The van der Waals surface area contributed by atoms with Crippen LogP contribution in [0.3, 0.4) is 0 Å². The van der Waals surface area contributed by atoms with E-state index >= 15 is 28.8 Å². The summed E-state index contributed by atoms with van der Waals surface area (Å²) < 4.78 is 44.9. The summed E-state index contributed by atoms with van der Waals surface area (Å²) in [5, 5.41) is 106. The second kappa shape index (κ2) is 36.7. The minimum atomic E-state index is -2.89. The first kappa shape index (κ1) is 87.9. The summed E-state index contributed by atoms with van der Waals surface area (Å²) in [7, 11) is 1.54. The van der Waals surface area contributed by atoms with Crippen molar-refractivity contribution in [2.45, 2.75) is 191 Å². The molecule has 2 saturated heterocycles. The van der Waals surface area contributed by atoms with Crippen molar-refractivity contribution in [2.24, 2.45) is 35.5 Å². The number of aromatic hydroxyl groups is 1. The normalized spacial score (nSPS) is 27.9. The largest absolute Gasteiger partial charge is 0.508 e. The van der Waals surface area contributed by atoms with Crippen LogP contribution in [0, 0.1) is 42.4 Å². The van der Waals surface area contributed by atoms with Crippen molar-refractivity contribution < 1.29 is 107 Å². The van der Waals surface area contributed by atoms with Crippen molar-refractivity contribution in [1.29, 1.82) is 0 Å². The minimum Gasteiger partial charge on any atom is -0.508 e. The van der Waals surface area contributed by atoms with Crippen LogP contribution in [0.15, 0.2) is 109 Å². The number of nitrogens with one attached hydrogen (secondary N) is 11. The van der Waals surface area contributed by atoms with Crippen LogP contribution < -0.4 is 82.2 Å². The molecule has 12 aliphatic rings. The number of halogens is 1. The zero-order valence-electron chi connectivity index (χ0n) is 69.9. The molecule has 5 aliphatic carbocycles. The number of carbonyl (C=O) groups is 9. The molecule has 4 saturated carbocycles. The Kier molecular flexibility index (Phi) is 26.0. The Balaban J connectivity index is 0.886. The summed E-state index contributed by atoms with van der Waals surface area (Å²) in [6.07, 6.45) is -3.60. The number of carbonyl (C=O) groups excluding carboxylic acids is 9. The first-order valence-electron chi connectivity index (χ1n) is 42.4. The van der Waals surface area contributed by atoms with Gasteiger partial charge in [-0.25, -0.2) is 4.79 Å². The van der Waals surface area contributed by atoms with E-state index in [1.807, 2.05) is 40.7 Å².